The number of benzene rings is 2. The van der Waals surface area contributed by atoms with Crippen molar-refractivity contribution in [2.45, 2.75) is 20.3 Å². The van der Waals surface area contributed by atoms with Gasteiger partial charge in [-0.1, -0.05) is 47.5 Å². The van der Waals surface area contributed by atoms with Gasteiger partial charge in [0.15, 0.2) is 5.78 Å². The Morgan fingerprint density at radius 3 is 2.48 bits per heavy atom. The van der Waals surface area contributed by atoms with Crippen LogP contribution in [0.5, 0.6) is 0 Å². The first-order valence-corrected chi connectivity index (χ1v) is 7.07. The third-order valence-electron chi connectivity index (χ3n) is 3.56. The number of carbonyl (C=O) groups excluding carboxylic acids is 1. The van der Waals surface area contributed by atoms with E-state index in [-0.39, 0.29) is 5.78 Å². The van der Waals surface area contributed by atoms with E-state index >= 15 is 0 Å². The quantitative estimate of drug-likeness (QED) is 0.668. The van der Waals surface area contributed by atoms with Crippen LogP contribution < -0.4 is 0 Å². The molecule has 1 heterocycles. The number of aromatic nitrogens is 1. The minimum atomic E-state index is 0.109. The van der Waals surface area contributed by atoms with E-state index in [0.29, 0.717) is 12.0 Å². The number of nitrogens with zero attached hydrogens (tertiary/aromatic N) is 1. The number of rotatable bonds is 3. The van der Waals surface area contributed by atoms with Crippen molar-refractivity contribution in [1.82, 2.24) is 4.98 Å². The summed E-state index contributed by atoms with van der Waals surface area (Å²) in [7, 11) is 0. The fraction of sp³-hybridized carbons (Fsp3) is 0.158. The fourth-order valence-corrected chi connectivity index (χ4v) is 2.68. The zero-order chi connectivity index (χ0) is 14.8. The average molecular weight is 275 g/mol. The number of carbonyl (C=O) groups is 1. The first-order chi connectivity index (χ1) is 10.1. The Balaban J connectivity index is 1.89. The van der Waals surface area contributed by atoms with Crippen LogP contribution in [0.3, 0.4) is 0 Å². The predicted molar refractivity (Wildman–Crippen MR) is 85.7 cm³/mol. The van der Waals surface area contributed by atoms with E-state index in [4.69, 9.17) is 0 Å². The monoisotopic (exact) mass is 275 g/mol. The number of ketones is 1. The number of fused-ring (bicyclic) bond motifs is 1. The maximum atomic E-state index is 12.4. The first kappa shape index (κ1) is 13.5. The van der Waals surface area contributed by atoms with Crippen molar-refractivity contribution in [2.24, 2.45) is 0 Å². The van der Waals surface area contributed by atoms with Gasteiger partial charge in [-0.25, -0.2) is 0 Å². The molecule has 0 aliphatic carbocycles. The summed E-state index contributed by atoms with van der Waals surface area (Å²) in [4.78, 5) is 16.8. The molecule has 0 N–H and O–H groups in total. The van der Waals surface area contributed by atoms with E-state index in [0.717, 1.165) is 16.5 Å². The molecule has 3 aromatic rings. The molecule has 0 radical (unpaired) electrons. The second-order valence-electron chi connectivity index (χ2n) is 5.51. The Hall–Kier alpha value is -2.48. The second-order valence-corrected chi connectivity index (χ2v) is 5.51. The van der Waals surface area contributed by atoms with Crippen LogP contribution in [0.15, 0.2) is 54.7 Å². The lowest BCUT2D eigenvalue weighted by molar-refractivity contribution is 0.0993. The molecule has 104 valence electrons. The molecule has 0 saturated heterocycles. The van der Waals surface area contributed by atoms with Crippen LogP contribution in [0.4, 0.5) is 0 Å². The summed E-state index contributed by atoms with van der Waals surface area (Å²) < 4.78 is 0. The lowest BCUT2D eigenvalue weighted by Crippen LogP contribution is -2.04. The van der Waals surface area contributed by atoms with E-state index in [1.165, 1.54) is 11.1 Å². The van der Waals surface area contributed by atoms with Gasteiger partial charge in [-0.3, -0.25) is 9.78 Å². The minimum Gasteiger partial charge on any atom is -0.294 e. The van der Waals surface area contributed by atoms with E-state index in [2.05, 4.69) is 37.0 Å². The first-order valence-electron chi connectivity index (χ1n) is 7.07. The zero-order valence-electron chi connectivity index (χ0n) is 12.3. The highest BCUT2D eigenvalue weighted by molar-refractivity contribution is 5.99. The van der Waals surface area contributed by atoms with Gasteiger partial charge in [-0.2, -0.15) is 0 Å². The van der Waals surface area contributed by atoms with Crippen LogP contribution in [0, 0.1) is 13.8 Å². The molecule has 21 heavy (non-hydrogen) atoms. The van der Waals surface area contributed by atoms with Crippen LogP contribution >= 0.6 is 0 Å². The molecule has 2 heteroatoms. The van der Waals surface area contributed by atoms with Gasteiger partial charge in [0.05, 0.1) is 5.52 Å². The van der Waals surface area contributed by atoms with Crippen LogP contribution in [0.1, 0.15) is 27.0 Å². The topological polar surface area (TPSA) is 30.0 Å². The van der Waals surface area contributed by atoms with Gasteiger partial charge in [0, 0.05) is 23.6 Å². The number of para-hydroxylation sites is 1. The molecule has 0 aliphatic heterocycles. The molecule has 2 aromatic carbocycles. The predicted octanol–water partition coefficient (Wildman–Crippen LogP) is 4.28. The molecule has 0 amide bonds. The molecule has 0 saturated carbocycles. The van der Waals surface area contributed by atoms with Crippen molar-refractivity contribution in [1.29, 1.82) is 0 Å². The van der Waals surface area contributed by atoms with E-state index in [1.807, 2.05) is 30.3 Å². The molecule has 3 rings (SSSR count). The lowest BCUT2D eigenvalue weighted by atomic mass is 10.00. The van der Waals surface area contributed by atoms with Crippen molar-refractivity contribution in [3.8, 4) is 0 Å². The van der Waals surface area contributed by atoms with Crippen LogP contribution in [0.2, 0.25) is 0 Å². The maximum absolute atomic E-state index is 12.4. The van der Waals surface area contributed by atoms with E-state index in [1.54, 1.807) is 6.20 Å². The number of hydrogen-bond acceptors (Lipinski definition) is 2. The highest BCUT2D eigenvalue weighted by Gasteiger charge is 2.09. The van der Waals surface area contributed by atoms with Gasteiger partial charge in [0.2, 0.25) is 0 Å². The molecular formula is C19H17NO. The average Bonchev–Trinajstić information content (AvgIpc) is 2.45. The van der Waals surface area contributed by atoms with Crippen LogP contribution in [0.25, 0.3) is 10.9 Å². The van der Waals surface area contributed by atoms with Crippen molar-refractivity contribution in [2.75, 3.05) is 0 Å². The number of Topliss-reactive ketones (excluding diaryl/α,β-unsaturated/α-hetero) is 1. The highest BCUT2D eigenvalue weighted by atomic mass is 16.1. The highest BCUT2D eigenvalue weighted by Crippen LogP contribution is 2.16. The van der Waals surface area contributed by atoms with Gasteiger partial charge >= 0.3 is 0 Å². The van der Waals surface area contributed by atoms with Gasteiger partial charge in [-0.05, 0) is 31.5 Å². The summed E-state index contributed by atoms with van der Waals surface area (Å²) in [5.74, 6) is 0.109. The maximum Gasteiger partial charge on any atom is 0.168 e. The molecule has 0 fully saturated rings. The summed E-state index contributed by atoms with van der Waals surface area (Å²) in [6.45, 7) is 4.11. The van der Waals surface area contributed by atoms with Gasteiger partial charge in [0.1, 0.15) is 0 Å². The molecule has 1 aromatic heterocycles. The summed E-state index contributed by atoms with van der Waals surface area (Å²) in [5.41, 5.74) is 5.03. The van der Waals surface area contributed by atoms with Crippen molar-refractivity contribution in [3.05, 3.63) is 77.0 Å². The van der Waals surface area contributed by atoms with Gasteiger partial charge < -0.3 is 0 Å². The van der Waals surface area contributed by atoms with Gasteiger partial charge in [-0.15, -0.1) is 0 Å². The molecular weight excluding hydrogens is 258 g/mol. The molecule has 0 atom stereocenters. The summed E-state index contributed by atoms with van der Waals surface area (Å²) in [5, 5.41) is 1.00. The van der Waals surface area contributed by atoms with Crippen LogP contribution in [-0.4, -0.2) is 10.8 Å². The normalized spacial score (nSPS) is 10.8. The van der Waals surface area contributed by atoms with Crippen LogP contribution in [-0.2, 0) is 6.42 Å². The summed E-state index contributed by atoms with van der Waals surface area (Å²) in [6.07, 6.45) is 2.09. The Kier molecular flexibility index (Phi) is 3.53. The SMILES string of the molecule is Cc1cc(C)cc(CC(=O)c2cnc3ccccc3c2)c1. The summed E-state index contributed by atoms with van der Waals surface area (Å²) >= 11 is 0. The molecule has 0 spiro atoms. The Morgan fingerprint density at radius 1 is 1.00 bits per heavy atom. The number of aryl methyl sites for hydroxylation is 2. The Bertz CT molecular complexity index is 800. The third-order valence-corrected chi connectivity index (χ3v) is 3.56. The number of pyridine rings is 1. The second kappa shape index (κ2) is 5.49. The number of hydrogen-bond donors (Lipinski definition) is 0. The Labute approximate surface area is 124 Å². The largest absolute Gasteiger partial charge is 0.294 e. The molecule has 0 aliphatic rings. The smallest absolute Gasteiger partial charge is 0.168 e. The molecule has 0 bridgehead atoms. The zero-order valence-corrected chi connectivity index (χ0v) is 12.3. The van der Waals surface area contributed by atoms with Crippen molar-refractivity contribution in [3.63, 3.8) is 0 Å². The standard InChI is InChI=1S/C19H17NO/c1-13-7-14(2)9-15(8-13)10-19(21)17-11-16-5-3-4-6-18(16)20-12-17/h3-9,11-12H,10H2,1-2H3. The van der Waals surface area contributed by atoms with Crippen molar-refractivity contribution < 1.29 is 4.79 Å². The molecule has 2 nitrogen and oxygen atoms in total. The van der Waals surface area contributed by atoms with Crippen molar-refractivity contribution >= 4 is 16.7 Å². The fourth-order valence-electron chi connectivity index (χ4n) is 2.68. The Morgan fingerprint density at radius 2 is 1.71 bits per heavy atom. The summed E-state index contributed by atoms with van der Waals surface area (Å²) in [6, 6.07) is 16.0. The molecule has 0 unspecified atom stereocenters. The van der Waals surface area contributed by atoms with E-state index in [9.17, 15) is 4.79 Å². The third kappa shape index (κ3) is 3.00. The minimum absolute atomic E-state index is 0.109. The van der Waals surface area contributed by atoms with E-state index < -0.39 is 0 Å². The lowest BCUT2D eigenvalue weighted by Gasteiger charge is -2.05. The van der Waals surface area contributed by atoms with Gasteiger partial charge in [0.25, 0.3) is 0 Å².